The van der Waals surface area contributed by atoms with Crippen LogP contribution in [-0.4, -0.2) is 36.1 Å². The summed E-state index contributed by atoms with van der Waals surface area (Å²) in [5, 5.41) is 2.80. The summed E-state index contributed by atoms with van der Waals surface area (Å²) in [6.07, 6.45) is 0. The Hall–Kier alpha value is -0.770. The summed E-state index contributed by atoms with van der Waals surface area (Å²) in [5.74, 6) is 0. The van der Waals surface area contributed by atoms with E-state index in [0.29, 0.717) is 6.54 Å². The first-order valence-electron chi connectivity index (χ1n) is 3.90. The minimum Gasteiger partial charge on any atom is -0.334 e. The minimum atomic E-state index is 0.00907. The molecule has 1 rings (SSSR count). The third-order valence-corrected chi connectivity index (χ3v) is 1.66. The summed E-state index contributed by atoms with van der Waals surface area (Å²) in [5.41, 5.74) is 5.56. The highest BCUT2D eigenvalue weighted by molar-refractivity contribution is 5.76. The van der Waals surface area contributed by atoms with Crippen molar-refractivity contribution in [2.45, 2.75) is 25.9 Å². The lowest BCUT2D eigenvalue weighted by molar-refractivity contribution is 0.215. The average Bonchev–Trinajstić information content (AvgIpc) is 2.09. The molecule has 2 atom stereocenters. The first-order chi connectivity index (χ1) is 5.09. The Morgan fingerprint density at radius 3 is 2.91 bits per heavy atom. The van der Waals surface area contributed by atoms with Crippen LogP contribution in [0.15, 0.2) is 0 Å². The zero-order valence-electron chi connectivity index (χ0n) is 7.00. The number of hydrogen-bond acceptors (Lipinski definition) is 2. The second-order valence-electron chi connectivity index (χ2n) is 3.23. The van der Waals surface area contributed by atoms with E-state index >= 15 is 0 Å². The number of nitrogens with one attached hydrogen (secondary N) is 1. The predicted molar refractivity (Wildman–Crippen MR) is 43.2 cm³/mol. The second kappa shape index (κ2) is 3.09. The number of carbonyl (C=O) groups excluding carboxylic acids is 1. The van der Waals surface area contributed by atoms with Crippen LogP contribution in [0.1, 0.15) is 13.8 Å². The Morgan fingerprint density at radius 1 is 1.91 bits per heavy atom. The maximum atomic E-state index is 11.1. The Bertz CT molecular complexity index is 158. The summed E-state index contributed by atoms with van der Waals surface area (Å²) in [6.45, 7) is 5.31. The number of hydrogen-bond donors (Lipinski definition) is 2. The van der Waals surface area contributed by atoms with E-state index in [2.05, 4.69) is 5.32 Å². The van der Waals surface area contributed by atoms with Gasteiger partial charge in [0.05, 0.1) is 0 Å². The fourth-order valence-electron chi connectivity index (χ4n) is 1.27. The van der Waals surface area contributed by atoms with Crippen LogP contribution in [0.5, 0.6) is 0 Å². The number of nitrogens with two attached hydrogens (primary N) is 1. The number of nitrogens with zero attached hydrogens (tertiary/aromatic N) is 1. The smallest absolute Gasteiger partial charge is 0.317 e. The molecule has 0 aromatic carbocycles. The SMILES string of the molecule is CC(N)CN1CC(C)NC1=O. The van der Waals surface area contributed by atoms with Crippen molar-refractivity contribution < 1.29 is 4.79 Å². The Kier molecular flexibility index (Phi) is 2.34. The van der Waals surface area contributed by atoms with Crippen LogP contribution in [0.3, 0.4) is 0 Å². The molecule has 11 heavy (non-hydrogen) atoms. The number of urea groups is 1. The monoisotopic (exact) mass is 157 g/mol. The van der Waals surface area contributed by atoms with Gasteiger partial charge in [0.1, 0.15) is 0 Å². The van der Waals surface area contributed by atoms with E-state index in [9.17, 15) is 4.79 Å². The molecule has 0 aliphatic carbocycles. The van der Waals surface area contributed by atoms with Gasteiger partial charge in [0.2, 0.25) is 0 Å². The average molecular weight is 157 g/mol. The van der Waals surface area contributed by atoms with Gasteiger partial charge in [-0.25, -0.2) is 4.79 Å². The highest BCUT2D eigenvalue weighted by atomic mass is 16.2. The lowest BCUT2D eigenvalue weighted by Gasteiger charge is -2.16. The van der Waals surface area contributed by atoms with Gasteiger partial charge in [-0.15, -0.1) is 0 Å². The molecule has 0 radical (unpaired) electrons. The van der Waals surface area contributed by atoms with Gasteiger partial charge in [-0.2, -0.15) is 0 Å². The molecule has 0 saturated carbocycles. The molecule has 1 fully saturated rings. The van der Waals surface area contributed by atoms with E-state index in [0.717, 1.165) is 6.54 Å². The highest BCUT2D eigenvalue weighted by Crippen LogP contribution is 2.02. The van der Waals surface area contributed by atoms with Gasteiger partial charge in [0.25, 0.3) is 0 Å². The van der Waals surface area contributed by atoms with Crippen molar-refractivity contribution in [3.8, 4) is 0 Å². The van der Waals surface area contributed by atoms with E-state index in [1.807, 2.05) is 13.8 Å². The van der Waals surface area contributed by atoms with Crippen LogP contribution in [0.2, 0.25) is 0 Å². The number of carbonyl (C=O) groups is 1. The van der Waals surface area contributed by atoms with Crippen molar-refractivity contribution in [3.63, 3.8) is 0 Å². The molecule has 1 heterocycles. The normalized spacial score (nSPS) is 27.0. The Labute approximate surface area is 66.7 Å². The molecule has 4 nitrogen and oxygen atoms in total. The third kappa shape index (κ3) is 2.08. The van der Waals surface area contributed by atoms with Gasteiger partial charge in [-0.05, 0) is 13.8 Å². The summed E-state index contributed by atoms with van der Waals surface area (Å²) in [6, 6.07) is 0.335. The van der Waals surface area contributed by atoms with Gasteiger partial charge < -0.3 is 16.0 Å². The van der Waals surface area contributed by atoms with Crippen LogP contribution in [-0.2, 0) is 0 Å². The van der Waals surface area contributed by atoms with Crippen molar-refractivity contribution in [1.29, 1.82) is 0 Å². The van der Waals surface area contributed by atoms with E-state index in [1.165, 1.54) is 0 Å². The summed E-state index contributed by atoms with van der Waals surface area (Å²) < 4.78 is 0. The maximum absolute atomic E-state index is 11.1. The molecule has 1 saturated heterocycles. The molecule has 0 aromatic heterocycles. The molecule has 4 heteroatoms. The second-order valence-corrected chi connectivity index (χ2v) is 3.23. The van der Waals surface area contributed by atoms with Crippen molar-refractivity contribution in [3.05, 3.63) is 0 Å². The van der Waals surface area contributed by atoms with Crippen molar-refractivity contribution >= 4 is 6.03 Å². The molecule has 2 amide bonds. The largest absolute Gasteiger partial charge is 0.334 e. The Balaban J connectivity index is 2.41. The summed E-state index contributed by atoms with van der Waals surface area (Å²) in [4.78, 5) is 12.8. The molecule has 1 aliphatic rings. The highest BCUT2D eigenvalue weighted by Gasteiger charge is 2.25. The number of rotatable bonds is 2. The molecular formula is C7H15N3O. The molecule has 0 aromatic rings. The lowest BCUT2D eigenvalue weighted by atomic mass is 10.3. The van der Waals surface area contributed by atoms with E-state index in [-0.39, 0.29) is 18.1 Å². The molecule has 0 spiro atoms. The minimum absolute atomic E-state index is 0.00907. The van der Waals surface area contributed by atoms with Gasteiger partial charge in [0.15, 0.2) is 0 Å². The lowest BCUT2D eigenvalue weighted by Crippen LogP contribution is -2.37. The van der Waals surface area contributed by atoms with Gasteiger partial charge in [-0.1, -0.05) is 0 Å². The van der Waals surface area contributed by atoms with Crippen LogP contribution >= 0.6 is 0 Å². The molecule has 2 unspecified atom stereocenters. The molecule has 64 valence electrons. The molecular weight excluding hydrogens is 142 g/mol. The summed E-state index contributed by atoms with van der Waals surface area (Å²) >= 11 is 0. The fraction of sp³-hybridized carbons (Fsp3) is 0.857. The molecule has 3 N–H and O–H groups in total. The summed E-state index contributed by atoms with van der Waals surface area (Å²) in [7, 11) is 0. The van der Waals surface area contributed by atoms with Crippen molar-refractivity contribution in [2.75, 3.05) is 13.1 Å². The fourth-order valence-corrected chi connectivity index (χ4v) is 1.27. The number of amides is 2. The topological polar surface area (TPSA) is 58.4 Å². The predicted octanol–water partition coefficient (Wildman–Crippen LogP) is -0.253. The zero-order valence-corrected chi connectivity index (χ0v) is 7.00. The first-order valence-corrected chi connectivity index (χ1v) is 3.90. The molecule has 1 aliphatic heterocycles. The zero-order chi connectivity index (χ0) is 8.43. The van der Waals surface area contributed by atoms with Crippen LogP contribution in [0, 0.1) is 0 Å². The van der Waals surface area contributed by atoms with Gasteiger partial charge in [-0.3, -0.25) is 0 Å². The van der Waals surface area contributed by atoms with Crippen molar-refractivity contribution in [2.24, 2.45) is 5.73 Å². The van der Waals surface area contributed by atoms with Crippen LogP contribution in [0.4, 0.5) is 4.79 Å². The van der Waals surface area contributed by atoms with Gasteiger partial charge >= 0.3 is 6.03 Å². The van der Waals surface area contributed by atoms with Crippen molar-refractivity contribution in [1.82, 2.24) is 10.2 Å². The maximum Gasteiger partial charge on any atom is 0.317 e. The van der Waals surface area contributed by atoms with E-state index in [4.69, 9.17) is 5.73 Å². The van der Waals surface area contributed by atoms with Crippen LogP contribution in [0.25, 0.3) is 0 Å². The Morgan fingerprint density at radius 2 is 2.55 bits per heavy atom. The van der Waals surface area contributed by atoms with Crippen LogP contribution < -0.4 is 11.1 Å². The van der Waals surface area contributed by atoms with E-state index in [1.54, 1.807) is 4.90 Å². The third-order valence-electron chi connectivity index (χ3n) is 1.66. The molecule has 0 bridgehead atoms. The van der Waals surface area contributed by atoms with Gasteiger partial charge in [0, 0.05) is 25.2 Å². The quantitative estimate of drug-likeness (QED) is 0.580. The standard InChI is InChI=1S/C7H15N3O/c1-5(8)3-10-4-6(2)9-7(10)11/h5-6H,3-4,8H2,1-2H3,(H,9,11). The first kappa shape index (κ1) is 8.33. The van der Waals surface area contributed by atoms with E-state index < -0.39 is 0 Å².